The van der Waals surface area contributed by atoms with Gasteiger partial charge in [-0.25, -0.2) is 5.48 Å². The minimum Gasteiger partial charge on any atom is -0.392 e. The molecule has 3 unspecified atom stereocenters. The number of benzene rings is 3. The minimum absolute atomic E-state index is 0.000872. The molecular formula is C37H47N3O6. The van der Waals surface area contributed by atoms with Crippen LogP contribution in [0.5, 0.6) is 0 Å². The highest BCUT2D eigenvalue weighted by molar-refractivity contribution is 5.76. The van der Waals surface area contributed by atoms with E-state index in [2.05, 4.69) is 48.1 Å². The summed E-state index contributed by atoms with van der Waals surface area (Å²) in [6.07, 6.45) is 5.72. The molecule has 0 aromatic heterocycles. The summed E-state index contributed by atoms with van der Waals surface area (Å²) < 4.78 is 13.1. The first-order valence-corrected chi connectivity index (χ1v) is 16.1. The van der Waals surface area contributed by atoms with Crippen LogP contribution in [-0.4, -0.2) is 53.3 Å². The van der Waals surface area contributed by atoms with E-state index in [1.165, 1.54) is 0 Å². The first kappa shape index (κ1) is 35.0. The second-order valence-electron chi connectivity index (χ2n) is 11.9. The summed E-state index contributed by atoms with van der Waals surface area (Å²) in [5.74, 6) is -0.380. The Kier molecular flexibility index (Phi) is 13.9. The van der Waals surface area contributed by atoms with Gasteiger partial charge in [-0.15, -0.1) is 6.58 Å². The summed E-state index contributed by atoms with van der Waals surface area (Å²) >= 11 is 0. The second-order valence-corrected chi connectivity index (χ2v) is 11.9. The maximum atomic E-state index is 12.4. The predicted molar refractivity (Wildman–Crippen MR) is 177 cm³/mol. The fourth-order valence-electron chi connectivity index (χ4n) is 5.67. The summed E-state index contributed by atoms with van der Waals surface area (Å²) in [5.41, 5.74) is 7.56. The lowest BCUT2D eigenvalue weighted by atomic mass is 9.98. The molecule has 0 spiro atoms. The fourth-order valence-corrected chi connectivity index (χ4v) is 5.67. The van der Waals surface area contributed by atoms with E-state index in [-0.39, 0.29) is 37.0 Å². The van der Waals surface area contributed by atoms with Gasteiger partial charge in [0.15, 0.2) is 6.29 Å². The van der Waals surface area contributed by atoms with Crippen molar-refractivity contribution >= 4 is 11.8 Å². The van der Waals surface area contributed by atoms with E-state index in [0.717, 1.165) is 65.7 Å². The molecule has 3 aromatic rings. The Hall–Kier alpha value is -3.86. The number of hydrogen-bond donors (Lipinski definition) is 4. The molecule has 0 radical (unpaired) electrons. The molecule has 1 fully saturated rings. The van der Waals surface area contributed by atoms with Crippen molar-refractivity contribution in [2.24, 2.45) is 0 Å². The number of unbranched alkanes of at least 4 members (excludes halogenated alkanes) is 3. The quantitative estimate of drug-likeness (QED) is 0.0629. The first-order chi connectivity index (χ1) is 22.4. The average Bonchev–Trinajstić information content (AvgIpc) is 3.09. The van der Waals surface area contributed by atoms with Gasteiger partial charge in [0, 0.05) is 44.5 Å². The zero-order valence-corrected chi connectivity index (χ0v) is 26.7. The number of likely N-dealkylation sites (N-methyl/N-ethyl adjacent to an activating group) is 1. The molecule has 3 atom stereocenters. The third-order valence-electron chi connectivity index (χ3n) is 8.16. The van der Waals surface area contributed by atoms with Gasteiger partial charge in [0.05, 0.1) is 18.8 Å². The minimum atomic E-state index is -0.548. The zero-order chi connectivity index (χ0) is 32.7. The van der Waals surface area contributed by atoms with Crippen molar-refractivity contribution in [3.8, 4) is 11.1 Å². The number of hydrogen-bond acceptors (Lipinski definition) is 7. The molecule has 0 saturated carbocycles. The summed E-state index contributed by atoms with van der Waals surface area (Å²) in [7, 11) is 2.06. The SMILES string of the molecule is C=CCN(C)CC1CC(c2ccc(CO)cc2)OC(c2cccc(-c3cccc(CNC(=O)CCCCCCC(=O)NO)c3)c2)O1. The molecule has 2 amide bonds. The van der Waals surface area contributed by atoms with Crippen LogP contribution < -0.4 is 10.8 Å². The van der Waals surface area contributed by atoms with Crippen molar-refractivity contribution in [2.75, 3.05) is 20.1 Å². The molecule has 4 rings (SSSR count). The Labute approximate surface area is 272 Å². The number of aliphatic hydroxyl groups is 1. The average molecular weight is 630 g/mol. The summed E-state index contributed by atoms with van der Waals surface area (Å²) in [6, 6.07) is 24.3. The summed E-state index contributed by atoms with van der Waals surface area (Å²) in [6.45, 7) is 5.81. The second kappa shape index (κ2) is 18.3. The normalized spacial score (nSPS) is 17.9. The van der Waals surface area contributed by atoms with Crippen molar-refractivity contribution < 1.29 is 29.4 Å². The highest BCUT2D eigenvalue weighted by atomic mass is 16.7. The molecule has 9 nitrogen and oxygen atoms in total. The van der Waals surface area contributed by atoms with Crippen LogP contribution in [0.25, 0.3) is 11.1 Å². The molecule has 1 saturated heterocycles. The molecule has 46 heavy (non-hydrogen) atoms. The van der Waals surface area contributed by atoms with Gasteiger partial charge in [-0.05, 0) is 59.8 Å². The van der Waals surface area contributed by atoms with Gasteiger partial charge in [-0.1, -0.05) is 79.6 Å². The number of nitrogens with one attached hydrogen (secondary N) is 2. The van der Waals surface area contributed by atoms with Gasteiger partial charge >= 0.3 is 0 Å². The summed E-state index contributed by atoms with van der Waals surface area (Å²) in [5, 5.41) is 21.0. The number of carbonyl (C=O) groups excluding carboxylic acids is 2. The van der Waals surface area contributed by atoms with Crippen LogP contribution in [0.1, 0.15) is 79.6 Å². The van der Waals surface area contributed by atoms with Crippen LogP contribution in [0.4, 0.5) is 0 Å². The van der Waals surface area contributed by atoms with E-state index in [1.807, 2.05) is 54.6 Å². The lowest BCUT2D eigenvalue weighted by molar-refractivity contribution is -0.252. The van der Waals surface area contributed by atoms with Gasteiger partial charge in [-0.3, -0.25) is 14.8 Å². The van der Waals surface area contributed by atoms with Gasteiger partial charge in [-0.2, -0.15) is 0 Å². The Morgan fingerprint density at radius 1 is 0.891 bits per heavy atom. The number of rotatable bonds is 17. The maximum Gasteiger partial charge on any atom is 0.243 e. The van der Waals surface area contributed by atoms with Gasteiger partial charge in [0.2, 0.25) is 11.8 Å². The molecular weight excluding hydrogens is 582 g/mol. The summed E-state index contributed by atoms with van der Waals surface area (Å²) in [4.78, 5) is 25.7. The molecule has 1 heterocycles. The van der Waals surface area contributed by atoms with E-state index in [1.54, 1.807) is 5.48 Å². The smallest absolute Gasteiger partial charge is 0.243 e. The number of aliphatic hydroxyl groups excluding tert-OH is 1. The van der Waals surface area contributed by atoms with Gasteiger partial charge < -0.3 is 24.8 Å². The Morgan fingerprint density at radius 3 is 2.28 bits per heavy atom. The number of ether oxygens (including phenoxy) is 2. The molecule has 246 valence electrons. The first-order valence-electron chi connectivity index (χ1n) is 16.1. The van der Waals surface area contributed by atoms with Crippen LogP contribution >= 0.6 is 0 Å². The topological polar surface area (TPSA) is 120 Å². The molecule has 1 aliphatic rings. The molecule has 3 aromatic carbocycles. The number of amides is 2. The molecule has 1 aliphatic heterocycles. The number of nitrogens with zero attached hydrogens (tertiary/aromatic N) is 1. The van der Waals surface area contributed by atoms with Crippen molar-refractivity contribution in [2.45, 2.75) is 76.6 Å². The van der Waals surface area contributed by atoms with Gasteiger partial charge in [0.25, 0.3) is 0 Å². The van der Waals surface area contributed by atoms with E-state index in [9.17, 15) is 14.7 Å². The van der Waals surface area contributed by atoms with Crippen molar-refractivity contribution in [1.29, 1.82) is 0 Å². The molecule has 0 bridgehead atoms. The van der Waals surface area contributed by atoms with Crippen LogP contribution in [-0.2, 0) is 32.2 Å². The van der Waals surface area contributed by atoms with E-state index in [0.29, 0.717) is 25.8 Å². The van der Waals surface area contributed by atoms with Crippen LogP contribution in [0, 0.1) is 0 Å². The number of carbonyl (C=O) groups is 2. The molecule has 4 N–H and O–H groups in total. The predicted octanol–water partition coefficient (Wildman–Crippen LogP) is 5.97. The largest absolute Gasteiger partial charge is 0.392 e. The Bertz CT molecular complexity index is 1410. The standard InChI is InChI=1S/C37H47N3O6/c1-3-20-40(2)25-33-23-34(29-18-16-27(26-41)17-19-29)46-37(45-33)32-13-9-12-31(22-32)30-11-8-10-28(21-30)24-38-35(42)14-6-4-5-7-15-36(43)39-44/h3,8-13,16-19,21-22,33-34,37,41,44H,1,4-7,14-15,20,23-26H2,2H3,(H,38,42)(H,39,43). The highest BCUT2D eigenvalue weighted by Crippen LogP contribution is 2.39. The lowest BCUT2D eigenvalue weighted by Crippen LogP contribution is -2.37. The third-order valence-corrected chi connectivity index (χ3v) is 8.16. The Morgan fingerprint density at radius 2 is 1.59 bits per heavy atom. The maximum absolute atomic E-state index is 12.4. The lowest BCUT2D eigenvalue weighted by Gasteiger charge is -2.37. The molecule has 9 heteroatoms. The highest BCUT2D eigenvalue weighted by Gasteiger charge is 2.32. The van der Waals surface area contributed by atoms with Crippen LogP contribution in [0.15, 0.2) is 85.5 Å². The van der Waals surface area contributed by atoms with Crippen molar-refractivity contribution in [3.63, 3.8) is 0 Å². The van der Waals surface area contributed by atoms with Crippen molar-refractivity contribution in [1.82, 2.24) is 15.7 Å². The fraction of sp³-hybridized carbons (Fsp3) is 0.405. The van der Waals surface area contributed by atoms with E-state index < -0.39 is 6.29 Å². The number of hydroxylamine groups is 1. The molecule has 0 aliphatic carbocycles. The van der Waals surface area contributed by atoms with Crippen LogP contribution in [0.2, 0.25) is 0 Å². The zero-order valence-electron chi connectivity index (χ0n) is 26.7. The van der Waals surface area contributed by atoms with Crippen LogP contribution in [0.3, 0.4) is 0 Å². The monoisotopic (exact) mass is 629 g/mol. The van der Waals surface area contributed by atoms with Crippen molar-refractivity contribution in [3.05, 3.63) is 108 Å². The van der Waals surface area contributed by atoms with Gasteiger partial charge in [0.1, 0.15) is 0 Å². The third kappa shape index (κ3) is 10.9. The van der Waals surface area contributed by atoms with E-state index >= 15 is 0 Å². The Balaban J connectivity index is 1.39. The van der Waals surface area contributed by atoms with E-state index in [4.69, 9.17) is 14.7 Å².